The van der Waals surface area contributed by atoms with Crippen molar-refractivity contribution in [2.45, 2.75) is 44.6 Å². The lowest BCUT2D eigenvalue weighted by atomic mass is 10.1. The van der Waals surface area contributed by atoms with Gasteiger partial charge in [-0.3, -0.25) is 4.79 Å². The maximum atomic E-state index is 11.8. The molecule has 1 saturated carbocycles. The first-order valence-corrected chi connectivity index (χ1v) is 7.76. The van der Waals surface area contributed by atoms with Gasteiger partial charge in [-0.15, -0.1) is 0 Å². The van der Waals surface area contributed by atoms with Crippen molar-refractivity contribution in [2.75, 3.05) is 13.1 Å². The summed E-state index contributed by atoms with van der Waals surface area (Å²) in [6, 6.07) is 3.92. The lowest BCUT2D eigenvalue weighted by Gasteiger charge is -2.16. The number of nitrogens with zero attached hydrogens (tertiary/aromatic N) is 1. The number of halogens is 1. The van der Waals surface area contributed by atoms with Crippen LogP contribution in [-0.4, -0.2) is 30.0 Å². The zero-order valence-corrected chi connectivity index (χ0v) is 12.5. The highest BCUT2D eigenvalue weighted by Gasteiger charge is 2.11. The summed E-state index contributed by atoms with van der Waals surface area (Å²) in [6.07, 6.45) is 9.35. The molecule has 0 bridgehead atoms. The minimum atomic E-state index is -0.149. The Morgan fingerprint density at radius 3 is 2.60 bits per heavy atom. The number of pyridine rings is 1. The Labute approximate surface area is 125 Å². The van der Waals surface area contributed by atoms with E-state index in [0.29, 0.717) is 23.3 Å². The number of hydrogen-bond acceptors (Lipinski definition) is 3. The molecule has 0 unspecified atom stereocenters. The third-order valence-corrected chi connectivity index (χ3v) is 3.88. The van der Waals surface area contributed by atoms with Crippen molar-refractivity contribution < 1.29 is 4.79 Å². The fraction of sp³-hybridized carbons (Fsp3) is 0.600. The smallest absolute Gasteiger partial charge is 0.269 e. The van der Waals surface area contributed by atoms with Crippen molar-refractivity contribution in [1.29, 1.82) is 0 Å². The van der Waals surface area contributed by atoms with Crippen LogP contribution in [0.5, 0.6) is 0 Å². The van der Waals surface area contributed by atoms with Crippen LogP contribution in [0.3, 0.4) is 0 Å². The Hall–Kier alpha value is -1.13. The molecule has 1 aromatic rings. The largest absolute Gasteiger partial charge is 0.349 e. The molecular formula is C15H22ClN3O. The Morgan fingerprint density at radius 2 is 1.95 bits per heavy atom. The molecule has 110 valence electrons. The first-order chi connectivity index (χ1) is 9.75. The van der Waals surface area contributed by atoms with Crippen LogP contribution in [0.2, 0.25) is 5.02 Å². The summed E-state index contributed by atoms with van der Waals surface area (Å²) in [5, 5.41) is 6.93. The second-order valence-electron chi connectivity index (χ2n) is 5.26. The van der Waals surface area contributed by atoms with Crippen molar-refractivity contribution in [3.8, 4) is 0 Å². The monoisotopic (exact) mass is 295 g/mol. The van der Waals surface area contributed by atoms with Crippen LogP contribution < -0.4 is 10.6 Å². The zero-order valence-electron chi connectivity index (χ0n) is 11.7. The van der Waals surface area contributed by atoms with Gasteiger partial charge in [-0.1, -0.05) is 37.3 Å². The van der Waals surface area contributed by atoms with Gasteiger partial charge in [-0.2, -0.15) is 0 Å². The van der Waals surface area contributed by atoms with E-state index in [9.17, 15) is 4.79 Å². The SMILES string of the molecule is O=C(NCCNC1CCCCCC1)c1ccc(Cl)cn1. The van der Waals surface area contributed by atoms with Crippen LogP contribution in [0.4, 0.5) is 0 Å². The maximum Gasteiger partial charge on any atom is 0.269 e. The van der Waals surface area contributed by atoms with E-state index in [1.54, 1.807) is 12.1 Å². The van der Waals surface area contributed by atoms with Crippen LogP contribution in [-0.2, 0) is 0 Å². The van der Waals surface area contributed by atoms with Crippen LogP contribution >= 0.6 is 11.6 Å². The summed E-state index contributed by atoms with van der Waals surface area (Å²) in [7, 11) is 0. The normalized spacial score (nSPS) is 16.6. The highest BCUT2D eigenvalue weighted by molar-refractivity contribution is 6.30. The molecule has 2 N–H and O–H groups in total. The van der Waals surface area contributed by atoms with Crippen LogP contribution in [0.15, 0.2) is 18.3 Å². The fourth-order valence-corrected chi connectivity index (χ4v) is 2.65. The third-order valence-electron chi connectivity index (χ3n) is 3.66. The molecule has 1 amide bonds. The third kappa shape index (κ3) is 5.10. The molecule has 2 rings (SSSR count). The Morgan fingerprint density at radius 1 is 1.20 bits per heavy atom. The highest BCUT2D eigenvalue weighted by Crippen LogP contribution is 2.16. The van der Waals surface area contributed by atoms with Crippen LogP contribution in [0, 0.1) is 0 Å². The van der Waals surface area contributed by atoms with Gasteiger partial charge in [0.2, 0.25) is 0 Å². The molecule has 1 aromatic heterocycles. The Bertz CT molecular complexity index is 414. The van der Waals surface area contributed by atoms with Crippen molar-refractivity contribution >= 4 is 17.5 Å². The number of hydrogen-bond donors (Lipinski definition) is 2. The topological polar surface area (TPSA) is 54.0 Å². The van der Waals surface area contributed by atoms with E-state index in [4.69, 9.17) is 11.6 Å². The van der Waals surface area contributed by atoms with Gasteiger partial charge in [-0.05, 0) is 25.0 Å². The minimum absolute atomic E-state index is 0.149. The predicted molar refractivity (Wildman–Crippen MR) is 81.1 cm³/mol. The van der Waals surface area contributed by atoms with E-state index in [2.05, 4.69) is 15.6 Å². The lowest BCUT2D eigenvalue weighted by molar-refractivity contribution is 0.0948. The van der Waals surface area contributed by atoms with E-state index in [1.807, 2.05) is 0 Å². The predicted octanol–water partition coefficient (Wildman–Crippen LogP) is 2.78. The van der Waals surface area contributed by atoms with Gasteiger partial charge in [0.05, 0.1) is 5.02 Å². The number of carbonyl (C=O) groups is 1. The molecule has 1 heterocycles. The van der Waals surface area contributed by atoms with Gasteiger partial charge in [-0.25, -0.2) is 4.98 Å². The van der Waals surface area contributed by atoms with Crippen molar-refractivity contribution in [2.24, 2.45) is 0 Å². The molecule has 1 fully saturated rings. The fourth-order valence-electron chi connectivity index (χ4n) is 2.54. The summed E-state index contributed by atoms with van der Waals surface area (Å²) in [5.41, 5.74) is 0.406. The van der Waals surface area contributed by atoms with Gasteiger partial charge in [0.1, 0.15) is 5.69 Å². The standard InChI is InChI=1S/C15H22ClN3O/c16-12-7-8-14(19-11-12)15(20)18-10-9-17-13-5-3-1-2-4-6-13/h7-8,11,13,17H,1-6,9-10H2,(H,18,20). The van der Waals surface area contributed by atoms with Gasteiger partial charge in [0.15, 0.2) is 0 Å². The summed E-state index contributed by atoms with van der Waals surface area (Å²) in [5.74, 6) is -0.149. The summed E-state index contributed by atoms with van der Waals surface area (Å²) in [6.45, 7) is 1.43. The number of carbonyl (C=O) groups excluding carboxylic acids is 1. The summed E-state index contributed by atoms with van der Waals surface area (Å²) in [4.78, 5) is 15.8. The molecule has 4 nitrogen and oxygen atoms in total. The quantitative estimate of drug-likeness (QED) is 0.649. The number of amides is 1. The zero-order chi connectivity index (χ0) is 14.2. The van der Waals surface area contributed by atoms with Crippen molar-refractivity contribution in [3.05, 3.63) is 29.0 Å². The molecule has 20 heavy (non-hydrogen) atoms. The number of aromatic nitrogens is 1. The molecule has 5 heteroatoms. The lowest BCUT2D eigenvalue weighted by Crippen LogP contribution is -2.37. The van der Waals surface area contributed by atoms with Gasteiger partial charge >= 0.3 is 0 Å². The molecule has 0 spiro atoms. The van der Waals surface area contributed by atoms with Crippen molar-refractivity contribution in [3.63, 3.8) is 0 Å². The molecular weight excluding hydrogens is 274 g/mol. The minimum Gasteiger partial charge on any atom is -0.349 e. The van der Waals surface area contributed by atoms with Crippen LogP contribution in [0.1, 0.15) is 49.0 Å². The first kappa shape index (κ1) is 15.3. The summed E-state index contributed by atoms with van der Waals surface area (Å²) < 4.78 is 0. The van der Waals surface area contributed by atoms with Gasteiger partial charge in [0, 0.05) is 25.3 Å². The van der Waals surface area contributed by atoms with E-state index in [-0.39, 0.29) is 5.91 Å². The number of rotatable bonds is 5. The first-order valence-electron chi connectivity index (χ1n) is 7.39. The average Bonchev–Trinajstić information content (AvgIpc) is 2.73. The van der Waals surface area contributed by atoms with E-state index in [0.717, 1.165) is 6.54 Å². The number of nitrogens with one attached hydrogen (secondary N) is 2. The van der Waals surface area contributed by atoms with Gasteiger partial charge in [0.25, 0.3) is 5.91 Å². The average molecular weight is 296 g/mol. The van der Waals surface area contributed by atoms with Gasteiger partial charge < -0.3 is 10.6 Å². The van der Waals surface area contributed by atoms with Crippen molar-refractivity contribution in [1.82, 2.24) is 15.6 Å². The highest BCUT2D eigenvalue weighted by atomic mass is 35.5. The molecule has 1 aliphatic rings. The second-order valence-corrected chi connectivity index (χ2v) is 5.70. The molecule has 0 saturated heterocycles. The van der Waals surface area contributed by atoms with Crippen LogP contribution in [0.25, 0.3) is 0 Å². The van der Waals surface area contributed by atoms with E-state index >= 15 is 0 Å². The van der Waals surface area contributed by atoms with E-state index in [1.165, 1.54) is 44.7 Å². The van der Waals surface area contributed by atoms with E-state index < -0.39 is 0 Å². The molecule has 0 aromatic carbocycles. The molecule has 0 radical (unpaired) electrons. The Balaban J connectivity index is 1.65. The second kappa shape index (κ2) is 8.22. The Kier molecular flexibility index (Phi) is 6.27. The molecule has 1 aliphatic carbocycles. The summed E-state index contributed by atoms with van der Waals surface area (Å²) >= 11 is 5.74. The maximum absolute atomic E-state index is 11.8. The molecule has 0 aliphatic heterocycles. The molecule has 0 atom stereocenters.